The maximum absolute atomic E-state index is 12.6. The van der Waals surface area contributed by atoms with Gasteiger partial charge in [0.2, 0.25) is 5.89 Å². The molecule has 128 valence electrons. The van der Waals surface area contributed by atoms with Crippen molar-refractivity contribution < 1.29 is 13.6 Å². The number of carbonyl (C=O) groups excluding carboxylic acids is 1. The minimum atomic E-state index is 0.0627. The quantitative estimate of drug-likeness (QED) is 0.659. The van der Waals surface area contributed by atoms with Crippen molar-refractivity contribution >= 4 is 21.8 Å². The Labute approximate surface area is 153 Å². The third-order valence-electron chi connectivity index (χ3n) is 4.40. The summed E-state index contributed by atoms with van der Waals surface area (Å²) in [5, 5.41) is 8.20. The van der Waals surface area contributed by atoms with Crippen LogP contribution in [0.5, 0.6) is 0 Å². The number of halogens is 1. The van der Waals surface area contributed by atoms with Crippen LogP contribution in [0.1, 0.15) is 35.0 Å². The Kier molecular flexibility index (Phi) is 4.40. The van der Waals surface area contributed by atoms with Gasteiger partial charge in [-0.15, -0.1) is 10.2 Å². The molecule has 0 bridgehead atoms. The van der Waals surface area contributed by atoms with Crippen molar-refractivity contribution in [3.8, 4) is 11.7 Å². The monoisotopic (exact) mass is 401 g/mol. The first kappa shape index (κ1) is 16.1. The van der Waals surface area contributed by atoms with E-state index in [0.29, 0.717) is 36.2 Å². The number of likely N-dealkylation sites (tertiary alicyclic amines) is 1. The molecular formula is C18H16BrN3O3. The van der Waals surface area contributed by atoms with Crippen molar-refractivity contribution in [1.82, 2.24) is 15.1 Å². The Balaban J connectivity index is 1.40. The van der Waals surface area contributed by atoms with E-state index < -0.39 is 0 Å². The van der Waals surface area contributed by atoms with Gasteiger partial charge in [-0.1, -0.05) is 15.9 Å². The van der Waals surface area contributed by atoms with Gasteiger partial charge < -0.3 is 13.7 Å². The van der Waals surface area contributed by atoms with Crippen LogP contribution in [0.15, 0.2) is 56.0 Å². The Bertz CT molecular complexity index is 850. The molecule has 25 heavy (non-hydrogen) atoms. The summed E-state index contributed by atoms with van der Waals surface area (Å²) >= 11 is 3.39. The smallest absolute Gasteiger partial charge is 0.283 e. The molecule has 1 aliphatic rings. The van der Waals surface area contributed by atoms with Gasteiger partial charge in [0.05, 0.1) is 6.26 Å². The molecule has 4 rings (SSSR count). The van der Waals surface area contributed by atoms with Crippen molar-refractivity contribution in [3.05, 3.63) is 58.6 Å². The summed E-state index contributed by atoms with van der Waals surface area (Å²) in [5.41, 5.74) is 0.708. The normalized spacial score (nSPS) is 15.5. The van der Waals surface area contributed by atoms with E-state index in [1.54, 1.807) is 18.4 Å². The van der Waals surface area contributed by atoms with Crippen molar-refractivity contribution in [2.45, 2.75) is 18.8 Å². The highest BCUT2D eigenvalue weighted by Crippen LogP contribution is 2.30. The highest BCUT2D eigenvalue weighted by Gasteiger charge is 2.28. The number of furan rings is 1. The number of aromatic nitrogens is 2. The Hall–Kier alpha value is -2.41. The van der Waals surface area contributed by atoms with E-state index in [2.05, 4.69) is 26.1 Å². The lowest BCUT2D eigenvalue weighted by Crippen LogP contribution is -2.38. The van der Waals surface area contributed by atoms with E-state index in [4.69, 9.17) is 8.83 Å². The van der Waals surface area contributed by atoms with E-state index in [1.807, 2.05) is 29.2 Å². The van der Waals surface area contributed by atoms with Crippen LogP contribution in [0.4, 0.5) is 0 Å². The zero-order valence-electron chi connectivity index (χ0n) is 13.4. The predicted molar refractivity (Wildman–Crippen MR) is 94.0 cm³/mol. The lowest BCUT2D eigenvalue weighted by molar-refractivity contribution is 0.0706. The van der Waals surface area contributed by atoms with Gasteiger partial charge in [0.15, 0.2) is 5.76 Å². The third kappa shape index (κ3) is 3.37. The van der Waals surface area contributed by atoms with Gasteiger partial charge in [-0.05, 0) is 49.2 Å². The molecule has 3 aromatic rings. The second-order valence-corrected chi connectivity index (χ2v) is 6.91. The van der Waals surface area contributed by atoms with Gasteiger partial charge in [0, 0.05) is 29.0 Å². The molecule has 0 spiro atoms. The zero-order chi connectivity index (χ0) is 17.2. The van der Waals surface area contributed by atoms with Gasteiger partial charge in [0.1, 0.15) is 0 Å². The molecular weight excluding hydrogens is 386 g/mol. The number of nitrogens with zero attached hydrogens (tertiary/aromatic N) is 3. The molecule has 1 aromatic carbocycles. The molecule has 0 N–H and O–H groups in total. The summed E-state index contributed by atoms with van der Waals surface area (Å²) in [4.78, 5) is 14.4. The molecule has 0 atom stereocenters. The fourth-order valence-electron chi connectivity index (χ4n) is 3.00. The number of hydrogen-bond donors (Lipinski definition) is 0. The van der Waals surface area contributed by atoms with Crippen LogP contribution in [-0.4, -0.2) is 34.1 Å². The fraction of sp³-hybridized carbons (Fsp3) is 0.278. The average Bonchev–Trinajstić information content (AvgIpc) is 3.33. The number of benzene rings is 1. The second kappa shape index (κ2) is 6.84. The largest absolute Gasteiger partial charge is 0.459 e. The van der Waals surface area contributed by atoms with E-state index in [9.17, 15) is 4.79 Å². The summed E-state index contributed by atoms with van der Waals surface area (Å²) in [6.07, 6.45) is 3.19. The molecule has 0 unspecified atom stereocenters. The highest BCUT2D eigenvalue weighted by molar-refractivity contribution is 9.10. The Morgan fingerprint density at radius 1 is 1.12 bits per heavy atom. The number of piperidine rings is 1. The van der Waals surface area contributed by atoms with Crippen LogP contribution in [0.25, 0.3) is 11.7 Å². The van der Waals surface area contributed by atoms with E-state index in [0.717, 1.165) is 17.3 Å². The molecule has 7 heteroatoms. The van der Waals surface area contributed by atoms with Gasteiger partial charge in [-0.25, -0.2) is 0 Å². The Morgan fingerprint density at radius 2 is 1.88 bits per heavy atom. The van der Waals surface area contributed by atoms with Crippen molar-refractivity contribution in [3.63, 3.8) is 0 Å². The molecule has 1 fully saturated rings. The molecule has 1 saturated heterocycles. The lowest BCUT2D eigenvalue weighted by atomic mass is 9.96. The number of hydrogen-bond acceptors (Lipinski definition) is 5. The summed E-state index contributed by atoms with van der Waals surface area (Å²) in [6.45, 7) is 1.36. The van der Waals surface area contributed by atoms with E-state index in [-0.39, 0.29) is 11.8 Å². The van der Waals surface area contributed by atoms with Crippen molar-refractivity contribution in [1.29, 1.82) is 0 Å². The molecule has 0 radical (unpaired) electrons. The van der Waals surface area contributed by atoms with Crippen molar-refractivity contribution in [2.24, 2.45) is 0 Å². The van der Waals surface area contributed by atoms with E-state index in [1.165, 1.54) is 0 Å². The number of amides is 1. The third-order valence-corrected chi connectivity index (χ3v) is 4.92. The molecule has 3 heterocycles. The number of carbonyl (C=O) groups is 1. The number of rotatable bonds is 3. The van der Waals surface area contributed by atoms with Gasteiger partial charge in [-0.3, -0.25) is 4.79 Å². The van der Waals surface area contributed by atoms with Gasteiger partial charge in [0.25, 0.3) is 11.8 Å². The topological polar surface area (TPSA) is 72.4 Å². The summed E-state index contributed by atoms with van der Waals surface area (Å²) < 4.78 is 12.0. The van der Waals surface area contributed by atoms with Crippen LogP contribution in [0, 0.1) is 0 Å². The first-order valence-corrected chi connectivity index (χ1v) is 8.92. The van der Waals surface area contributed by atoms with Crippen LogP contribution >= 0.6 is 15.9 Å². The summed E-state index contributed by atoms with van der Waals surface area (Å²) in [6, 6.07) is 11.0. The lowest BCUT2D eigenvalue weighted by Gasteiger charge is -2.30. The SMILES string of the molecule is O=C(c1ccc(Br)cc1)N1CCC(c2nnc(-c3ccco3)o2)CC1. The fourth-order valence-corrected chi connectivity index (χ4v) is 3.27. The molecule has 2 aromatic heterocycles. The molecule has 0 saturated carbocycles. The standard InChI is InChI=1S/C18H16BrN3O3/c19-14-5-3-13(4-6-14)18(23)22-9-7-12(8-10-22)16-20-21-17(25-16)15-2-1-11-24-15/h1-6,11-12H,7-10H2. The average molecular weight is 402 g/mol. The summed E-state index contributed by atoms with van der Waals surface area (Å²) in [5.74, 6) is 1.81. The van der Waals surface area contributed by atoms with Crippen LogP contribution in [0.2, 0.25) is 0 Å². The maximum Gasteiger partial charge on any atom is 0.283 e. The second-order valence-electron chi connectivity index (χ2n) is 6.00. The first-order chi connectivity index (χ1) is 12.2. The van der Waals surface area contributed by atoms with Crippen molar-refractivity contribution in [2.75, 3.05) is 13.1 Å². The van der Waals surface area contributed by atoms with Crippen LogP contribution < -0.4 is 0 Å². The minimum Gasteiger partial charge on any atom is -0.459 e. The van der Waals surface area contributed by atoms with Gasteiger partial charge in [-0.2, -0.15) is 0 Å². The molecule has 6 nitrogen and oxygen atoms in total. The molecule has 0 aliphatic carbocycles. The zero-order valence-corrected chi connectivity index (χ0v) is 15.0. The van der Waals surface area contributed by atoms with Crippen LogP contribution in [-0.2, 0) is 0 Å². The molecule has 1 amide bonds. The maximum atomic E-state index is 12.6. The molecule has 1 aliphatic heterocycles. The van der Waals surface area contributed by atoms with E-state index >= 15 is 0 Å². The van der Waals surface area contributed by atoms with Gasteiger partial charge >= 0.3 is 0 Å². The highest BCUT2D eigenvalue weighted by atomic mass is 79.9. The predicted octanol–water partition coefficient (Wildman–Crippen LogP) is 4.11. The van der Waals surface area contributed by atoms with Crippen LogP contribution in [0.3, 0.4) is 0 Å². The summed E-state index contributed by atoms with van der Waals surface area (Å²) in [7, 11) is 0. The first-order valence-electron chi connectivity index (χ1n) is 8.13. The minimum absolute atomic E-state index is 0.0627. The Morgan fingerprint density at radius 3 is 2.56 bits per heavy atom.